The van der Waals surface area contributed by atoms with Crippen molar-refractivity contribution in [2.24, 2.45) is 0 Å². The molecule has 0 aliphatic carbocycles. The van der Waals surface area contributed by atoms with E-state index >= 15 is 0 Å². The van der Waals surface area contributed by atoms with E-state index in [1.165, 1.54) is 0 Å². The van der Waals surface area contributed by atoms with Gasteiger partial charge < -0.3 is 0 Å². The zero-order chi connectivity index (χ0) is 7.44. The minimum Gasteiger partial charge on any atom is -0.295 e. The van der Waals surface area contributed by atoms with E-state index in [1.807, 2.05) is 6.92 Å². The summed E-state index contributed by atoms with van der Waals surface area (Å²) in [6, 6.07) is 0. The van der Waals surface area contributed by atoms with E-state index in [2.05, 4.69) is 15.9 Å². The van der Waals surface area contributed by atoms with E-state index < -0.39 is 4.84 Å². The molecule has 0 N–H and O–H groups in total. The summed E-state index contributed by atoms with van der Waals surface area (Å²) in [6.45, 7) is 1.88. The summed E-state index contributed by atoms with van der Waals surface area (Å²) < 4.78 is 0. The molecule has 9 heavy (non-hydrogen) atoms. The second-order valence-electron chi connectivity index (χ2n) is 1.58. The van der Waals surface area contributed by atoms with Gasteiger partial charge in [-0.05, 0) is 6.42 Å². The Hall–Kier alpha value is 0.730. The molecule has 0 aromatic rings. The number of carbonyl (C=O) groups excluding carboxylic acids is 1. The lowest BCUT2D eigenvalue weighted by Crippen LogP contribution is -2.19. The maximum atomic E-state index is 10.8. The minimum atomic E-state index is -0.894. The van der Waals surface area contributed by atoms with E-state index in [9.17, 15) is 4.79 Å². The van der Waals surface area contributed by atoms with Gasteiger partial charge in [0.1, 0.15) is 0 Å². The van der Waals surface area contributed by atoms with Crippen molar-refractivity contribution in [2.75, 3.05) is 0 Å². The lowest BCUT2D eigenvalue weighted by Gasteiger charge is -2.04. The lowest BCUT2D eigenvalue weighted by atomic mass is 10.2. The Morgan fingerprint density at radius 1 is 1.67 bits per heavy atom. The molecule has 1 atom stereocenters. The minimum absolute atomic E-state index is 0.166. The average Bonchev–Trinajstić information content (AvgIpc) is 1.84. The molecule has 0 saturated carbocycles. The number of hydrogen-bond donors (Lipinski definition) is 0. The monoisotopic (exact) mass is 232 g/mol. The molecule has 4 heteroatoms. The Kier molecular flexibility index (Phi) is 4.90. The molecule has 0 aromatic heterocycles. The van der Waals surface area contributed by atoms with Gasteiger partial charge in [-0.2, -0.15) is 0 Å². The Bertz CT molecular complexity index is 105. The first-order chi connectivity index (χ1) is 4.09. The Morgan fingerprint density at radius 2 is 2.11 bits per heavy atom. The van der Waals surface area contributed by atoms with Gasteiger partial charge in [-0.3, -0.25) is 4.79 Å². The second kappa shape index (κ2) is 4.53. The van der Waals surface area contributed by atoms with Gasteiger partial charge in [0.25, 0.3) is 0 Å². The molecule has 54 valence electrons. The molecular weight excluding hydrogens is 227 g/mol. The van der Waals surface area contributed by atoms with Crippen molar-refractivity contribution in [3.63, 3.8) is 0 Å². The molecule has 1 unspecified atom stereocenters. The quantitative estimate of drug-likeness (QED) is 0.685. The predicted molar refractivity (Wildman–Crippen MR) is 43.5 cm³/mol. The molecule has 0 heterocycles. The van der Waals surface area contributed by atoms with Crippen LogP contribution in [0.5, 0.6) is 0 Å². The van der Waals surface area contributed by atoms with Crippen molar-refractivity contribution >= 4 is 44.9 Å². The van der Waals surface area contributed by atoms with E-state index in [1.54, 1.807) is 0 Å². The molecule has 0 radical (unpaired) electrons. The summed E-state index contributed by atoms with van der Waals surface area (Å²) in [7, 11) is 0. The third-order valence-electron chi connectivity index (χ3n) is 0.882. The Labute approximate surface area is 72.8 Å². The maximum absolute atomic E-state index is 10.8. The van der Waals surface area contributed by atoms with Crippen LogP contribution in [-0.2, 0) is 4.79 Å². The van der Waals surface area contributed by atoms with Gasteiger partial charge in [-0.1, -0.05) is 46.1 Å². The first kappa shape index (κ1) is 9.73. The highest BCUT2D eigenvalue weighted by Gasteiger charge is 2.18. The standard InChI is InChI=1S/C5H7BrCl2O/c1-2-3(6)4(9)5(7)8/h3,5H,2H2,1H3. The fourth-order valence-corrected chi connectivity index (χ4v) is 1.21. The highest BCUT2D eigenvalue weighted by atomic mass is 79.9. The van der Waals surface area contributed by atoms with Gasteiger partial charge in [0, 0.05) is 0 Å². The SMILES string of the molecule is CCC(Br)C(=O)C(Cl)Cl. The molecule has 0 amide bonds. The molecule has 0 rings (SSSR count). The summed E-state index contributed by atoms with van der Waals surface area (Å²) in [5.74, 6) is -0.166. The van der Waals surface area contributed by atoms with Crippen molar-refractivity contribution < 1.29 is 4.79 Å². The topological polar surface area (TPSA) is 17.1 Å². The van der Waals surface area contributed by atoms with E-state index in [0.717, 1.165) is 6.42 Å². The smallest absolute Gasteiger partial charge is 0.179 e. The molecular formula is C5H7BrCl2O. The Balaban J connectivity index is 3.73. The number of Topliss-reactive ketones (excluding diaryl/α,β-unsaturated/α-hetero) is 1. The first-order valence-corrected chi connectivity index (χ1v) is 4.34. The van der Waals surface area contributed by atoms with Crippen LogP contribution in [0.1, 0.15) is 13.3 Å². The van der Waals surface area contributed by atoms with Gasteiger partial charge in [0.2, 0.25) is 0 Å². The fourth-order valence-electron chi connectivity index (χ4n) is 0.338. The summed E-state index contributed by atoms with van der Waals surface area (Å²) in [4.78, 5) is 9.67. The Morgan fingerprint density at radius 3 is 2.22 bits per heavy atom. The highest BCUT2D eigenvalue weighted by Crippen LogP contribution is 2.14. The van der Waals surface area contributed by atoms with Crippen LogP contribution >= 0.6 is 39.1 Å². The van der Waals surface area contributed by atoms with Crippen LogP contribution in [0.25, 0.3) is 0 Å². The molecule has 0 saturated heterocycles. The molecule has 0 bridgehead atoms. The molecule has 1 nitrogen and oxygen atoms in total. The van der Waals surface area contributed by atoms with E-state index in [4.69, 9.17) is 23.2 Å². The number of rotatable bonds is 3. The maximum Gasteiger partial charge on any atom is 0.179 e. The van der Waals surface area contributed by atoms with Gasteiger partial charge >= 0.3 is 0 Å². The van der Waals surface area contributed by atoms with Crippen LogP contribution < -0.4 is 0 Å². The molecule has 0 aliphatic rings. The molecule has 0 fully saturated rings. The van der Waals surface area contributed by atoms with Crippen molar-refractivity contribution in [2.45, 2.75) is 23.0 Å². The van der Waals surface area contributed by atoms with E-state index in [0.29, 0.717) is 0 Å². The number of ketones is 1. The summed E-state index contributed by atoms with van der Waals surface area (Å²) in [5.41, 5.74) is 0. The third-order valence-corrected chi connectivity index (χ3v) is 2.41. The summed E-state index contributed by atoms with van der Waals surface area (Å²) in [6.07, 6.45) is 0.717. The van der Waals surface area contributed by atoms with Crippen LogP contribution in [0, 0.1) is 0 Å². The second-order valence-corrected chi connectivity index (χ2v) is 3.78. The van der Waals surface area contributed by atoms with Crippen LogP contribution in [0.2, 0.25) is 0 Å². The number of halogens is 3. The molecule has 0 aliphatic heterocycles. The van der Waals surface area contributed by atoms with Crippen molar-refractivity contribution in [1.82, 2.24) is 0 Å². The number of carbonyl (C=O) groups is 1. The van der Waals surface area contributed by atoms with Crippen molar-refractivity contribution in [3.8, 4) is 0 Å². The van der Waals surface area contributed by atoms with Crippen LogP contribution in [0.3, 0.4) is 0 Å². The zero-order valence-corrected chi connectivity index (χ0v) is 8.00. The van der Waals surface area contributed by atoms with Gasteiger partial charge in [0.15, 0.2) is 10.6 Å². The van der Waals surface area contributed by atoms with Crippen LogP contribution in [0.4, 0.5) is 0 Å². The molecule has 0 spiro atoms. The van der Waals surface area contributed by atoms with Crippen molar-refractivity contribution in [1.29, 1.82) is 0 Å². The summed E-state index contributed by atoms with van der Waals surface area (Å²) in [5, 5.41) is 0. The van der Waals surface area contributed by atoms with Crippen LogP contribution in [-0.4, -0.2) is 15.4 Å². The molecule has 0 aromatic carbocycles. The summed E-state index contributed by atoms with van der Waals surface area (Å²) >= 11 is 13.7. The predicted octanol–water partition coefficient (Wildman–Crippen LogP) is 2.53. The fraction of sp³-hybridized carbons (Fsp3) is 0.800. The van der Waals surface area contributed by atoms with Gasteiger partial charge in [-0.15, -0.1) is 0 Å². The average molecular weight is 234 g/mol. The highest BCUT2D eigenvalue weighted by molar-refractivity contribution is 9.10. The van der Waals surface area contributed by atoms with Gasteiger partial charge in [-0.25, -0.2) is 0 Å². The third kappa shape index (κ3) is 3.43. The van der Waals surface area contributed by atoms with E-state index in [-0.39, 0.29) is 10.6 Å². The van der Waals surface area contributed by atoms with Crippen LogP contribution in [0.15, 0.2) is 0 Å². The number of alkyl halides is 3. The van der Waals surface area contributed by atoms with Gasteiger partial charge in [0.05, 0.1) is 4.83 Å². The normalized spacial score (nSPS) is 13.9. The number of hydrogen-bond acceptors (Lipinski definition) is 1. The largest absolute Gasteiger partial charge is 0.295 e. The zero-order valence-electron chi connectivity index (χ0n) is 4.90. The lowest BCUT2D eigenvalue weighted by molar-refractivity contribution is -0.116. The first-order valence-electron chi connectivity index (χ1n) is 2.55. The van der Waals surface area contributed by atoms with Crippen molar-refractivity contribution in [3.05, 3.63) is 0 Å².